The molecule has 1 aromatic rings. The van der Waals surface area contributed by atoms with E-state index in [-0.39, 0.29) is 0 Å². The zero-order chi connectivity index (χ0) is 12.3. The Kier molecular flexibility index (Phi) is 4.81. The summed E-state index contributed by atoms with van der Waals surface area (Å²) >= 11 is 6.22. The molecular formula is C12H22ClN3. The molecule has 1 aromatic heterocycles. The quantitative estimate of drug-likeness (QED) is 0.793. The standard InChI is InChI=1S/C12H22ClN3/c1-6-10(7-2)15(4)8-11-9(3)14-16(5)12(11)13/h10H,6-8H2,1-5H3. The molecule has 0 N–H and O–H groups in total. The topological polar surface area (TPSA) is 21.1 Å². The van der Waals surface area contributed by atoms with E-state index in [4.69, 9.17) is 11.6 Å². The molecule has 0 aliphatic carbocycles. The lowest BCUT2D eigenvalue weighted by Crippen LogP contribution is -2.30. The molecule has 1 heterocycles. The van der Waals surface area contributed by atoms with Crippen molar-refractivity contribution in [2.75, 3.05) is 7.05 Å². The van der Waals surface area contributed by atoms with Crippen molar-refractivity contribution in [1.82, 2.24) is 14.7 Å². The van der Waals surface area contributed by atoms with Gasteiger partial charge in [-0.25, -0.2) is 0 Å². The molecule has 0 aliphatic rings. The zero-order valence-electron chi connectivity index (χ0n) is 10.9. The fourth-order valence-electron chi connectivity index (χ4n) is 2.14. The highest BCUT2D eigenvalue weighted by molar-refractivity contribution is 6.30. The zero-order valence-corrected chi connectivity index (χ0v) is 11.7. The Balaban J connectivity index is 2.80. The van der Waals surface area contributed by atoms with Gasteiger partial charge in [0.15, 0.2) is 0 Å². The second kappa shape index (κ2) is 5.69. The molecule has 3 nitrogen and oxygen atoms in total. The Morgan fingerprint density at radius 2 is 1.94 bits per heavy atom. The first-order valence-corrected chi connectivity index (χ1v) is 6.27. The highest BCUT2D eigenvalue weighted by Crippen LogP contribution is 2.21. The number of rotatable bonds is 5. The van der Waals surface area contributed by atoms with E-state index in [0.717, 1.165) is 23.0 Å². The van der Waals surface area contributed by atoms with E-state index in [2.05, 4.69) is 30.9 Å². The second-order valence-electron chi connectivity index (χ2n) is 4.36. The molecule has 0 bridgehead atoms. The Hall–Kier alpha value is -0.540. The van der Waals surface area contributed by atoms with Crippen LogP contribution < -0.4 is 0 Å². The molecule has 16 heavy (non-hydrogen) atoms. The summed E-state index contributed by atoms with van der Waals surface area (Å²) in [4.78, 5) is 2.36. The summed E-state index contributed by atoms with van der Waals surface area (Å²) in [5, 5.41) is 5.09. The maximum absolute atomic E-state index is 6.22. The summed E-state index contributed by atoms with van der Waals surface area (Å²) < 4.78 is 1.74. The molecule has 4 heteroatoms. The van der Waals surface area contributed by atoms with Crippen LogP contribution in [0.2, 0.25) is 5.15 Å². The third kappa shape index (κ3) is 2.77. The molecule has 0 radical (unpaired) electrons. The fourth-order valence-corrected chi connectivity index (χ4v) is 2.38. The molecule has 0 saturated carbocycles. The van der Waals surface area contributed by atoms with Gasteiger partial charge in [-0.2, -0.15) is 5.10 Å². The molecule has 1 rings (SSSR count). The van der Waals surface area contributed by atoms with Crippen molar-refractivity contribution in [2.45, 2.75) is 46.2 Å². The summed E-state index contributed by atoms with van der Waals surface area (Å²) in [6.07, 6.45) is 2.34. The minimum atomic E-state index is 0.621. The largest absolute Gasteiger partial charge is 0.299 e. The van der Waals surface area contributed by atoms with Gasteiger partial charge in [-0.1, -0.05) is 25.4 Å². The van der Waals surface area contributed by atoms with Crippen LogP contribution in [0.25, 0.3) is 0 Å². The van der Waals surface area contributed by atoms with Crippen LogP contribution in [0.1, 0.15) is 37.9 Å². The van der Waals surface area contributed by atoms with Gasteiger partial charge in [-0.3, -0.25) is 9.58 Å². The minimum Gasteiger partial charge on any atom is -0.299 e. The Morgan fingerprint density at radius 1 is 1.38 bits per heavy atom. The summed E-state index contributed by atoms with van der Waals surface area (Å²) in [6, 6.07) is 0.621. The summed E-state index contributed by atoms with van der Waals surface area (Å²) in [5.41, 5.74) is 2.18. The van der Waals surface area contributed by atoms with Gasteiger partial charge in [0.05, 0.1) is 5.69 Å². The van der Waals surface area contributed by atoms with E-state index >= 15 is 0 Å². The number of halogens is 1. The first-order chi connectivity index (χ1) is 7.51. The lowest BCUT2D eigenvalue weighted by atomic mass is 10.1. The van der Waals surface area contributed by atoms with E-state index in [1.807, 2.05) is 14.0 Å². The van der Waals surface area contributed by atoms with Gasteiger partial charge < -0.3 is 0 Å². The van der Waals surface area contributed by atoms with E-state index in [0.29, 0.717) is 6.04 Å². The van der Waals surface area contributed by atoms with Gasteiger partial charge in [-0.05, 0) is 26.8 Å². The van der Waals surface area contributed by atoms with Gasteiger partial charge in [-0.15, -0.1) is 0 Å². The van der Waals surface area contributed by atoms with Crippen LogP contribution in [-0.2, 0) is 13.6 Å². The van der Waals surface area contributed by atoms with Crippen LogP contribution in [0.4, 0.5) is 0 Å². The molecule has 0 aromatic carbocycles. The number of aryl methyl sites for hydroxylation is 2. The molecule has 0 spiro atoms. The smallest absolute Gasteiger partial charge is 0.131 e. The molecular weight excluding hydrogens is 222 g/mol. The van der Waals surface area contributed by atoms with Crippen molar-refractivity contribution in [3.63, 3.8) is 0 Å². The molecule has 0 aliphatic heterocycles. The van der Waals surface area contributed by atoms with Crippen molar-refractivity contribution in [2.24, 2.45) is 7.05 Å². The van der Waals surface area contributed by atoms with Crippen molar-refractivity contribution in [3.8, 4) is 0 Å². The SMILES string of the molecule is CCC(CC)N(C)Cc1c(C)nn(C)c1Cl. The number of hydrogen-bond acceptors (Lipinski definition) is 2. The lowest BCUT2D eigenvalue weighted by Gasteiger charge is -2.25. The van der Waals surface area contributed by atoms with Crippen LogP contribution in [0.15, 0.2) is 0 Å². The monoisotopic (exact) mass is 243 g/mol. The van der Waals surface area contributed by atoms with Gasteiger partial charge in [0.25, 0.3) is 0 Å². The first-order valence-electron chi connectivity index (χ1n) is 5.89. The highest BCUT2D eigenvalue weighted by Gasteiger charge is 2.16. The van der Waals surface area contributed by atoms with E-state index in [1.165, 1.54) is 12.8 Å². The van der Waals surface area contributed by atoms with Crippen LogP contribution >= 0.6 is 11.6 Å². The van der Waals surface area contributed by atoms with Crippen molar-refractivity contribution in [3.05, 3.63) is 16.4 Å². The normalized spacial score (nSPS) is 11.8. The van der Waals surface area contributed by atoms with E-state index < -0.39 is 0 Å². The van der Waals surface area contributed by atoms with Crippen molar-refractivity contribution < 1.29 is 0 Å². The molecule has 0 amide bonds. The fraction of sp³-hybridized carbons (Fsp3) is 0.750. The number of hydrogen-bond donors (Lipinski definition) is 0. The highest BCUT2D eigenvalue weighted by atomic mass is 35.5. The third-order valence-corrected chi connectivity index (χ3v) is 3.72. The molecule has 0 saturated heterocycles. The molecule has 0 atom stereocenters. The van der Waals surface area contributed by atoms with Gasteiger partial charge in [0, 0.05) is 25.2 Å². The average Bonchev–Trinajstić information content (AvgIpc) is 2.47. The maximum atomic E-state index is 6.22. The van der Waals surface area contributed by atoms with Crippen LogP contribution in [0.3, 0.4) is 0 Å². The number of nitrogens with zero attached hydrogens (tertiary/aromatic N) is 3. The Morgan fingerprint density at radius 3 is 2.31 bits per heavy atom. The van der Waals surface area contributed by atoms with Gasteiger partial charge >= 0.3 is 0 Å². The van der Waals surface area contributed by atoms with Crippen LogP contribution in [0.5, 0.6) is 0 Å². The number of aromatic nitrogens is 2. The van der Waals surface area contributed by atoms with Crippen molar-refractivity contribution >= 4 is 11.6 Å². The first kappa shape index (κ1) is 13.5. The molecule has 0 unspecified atom stereocenters. The van der Waals surface area contributed by atoms with Crippen LogP contribution in [-0.4, -0.2) is 27.8 Å². The van der Waals surface area contributed by atoms with Crippen molar-refractivity contribution in [1.29, 1.82) is 0 Å². The van der Waals surface area contributed by atoms with Gasteiger partial charge in [0.1, 0.15) is 5.15 Å². The lowest BCUT2D eigenvalue weighted by molar-refractivity contribution is 0.221. The van der Waals surface area contributed by atoms with Gasteiger partial charge in [0.2, 0.25) is 0 Å². The maximum Gasteiger partial charge on any atom is 0.131 e. The Labute approximate surface area is 103 Å². The predicted octanol–water partition coefficient (Wildman–Crippen LogP) is 3.00. The minimum absolute atomic E-state index is 0.621. The summed E-state index contributed by atoms with van der Waals surface area (Å²) in [6.45, 7) is 7.34. The average molecular weight is 244 g/mol. The molecule has 0 fully saturated rings. The van der Waals surface area contributed by atoms with Crippen LogP contribution in [0, 0.1) is 6.92 Å². The second-order valence-corrected chi connectivity index (χ2v) is 4.72. The summed E-state index contributed by atoms with van der Waals surface area (Å²) in [5.74, 6) is 0. The predicted molar refractivity (Wildman–Crippen MR) is 68.8 cm³/mol. The van der Waals surface area contributed by atoms with E-state index in [1.54, 1.807) is 4.68 Å². The Bertz CT molecular complexity index is 342. The van der Waals surface area contributed by atoms with E-state index in [9.17, 15) is 0 Å². The third-order valence-electron chi connectivity index (χ3n) is 3.24. The summed E-state index contributed by atoms with van der Waals surface area (Å²) in [7, 11) is 4.04. The molecule has 92 valence electrons.